The van der Waals surface area contributed by atoms with Crippen LogP contribution < -0.4 is 4.90 Å². The zero-order valence-corrected chi connectivity index (χ0v) is 29.9. The lowest BCUT2D eigenvalue weighted by atomic mass is 9.78. The van der Waals surface area contributed by atoms with E-state index in [1.807, 2.05) is 0 Å². The van der Waals surface area contributed by atoms with E-state index in [0.29, 0.717) is 0 Å². The van der Waals surface area contributed by atoms with E-state index in [1.54, 1.807) is 0 Å². The van der Waals surface area contributed by atoms with Gasteiger partial charge in [0.2, 0.25) is 0 Å². The minimum absolute atomic E-state index is 0.137. The summed E-state index contributed by atoms with van der Waals surface area (Å²) in [4.78, 5) is 2.42. The Kier molecular flexibility index (Phi) is 7.19. The van der Waals surface area contributed by atoms with Gasteiger partial charge in [0.1, 0.15) is 0 Å². The van der Waals surface area contributed by atoms with E-state index < -0.39 is 0 Å². The number of anilines is 3. The molecule has 9 aromatic rings. The highest BCUT2D eigenvalue weighted by molar-refractivity contribution is 6.09. The van der Waals surface area contributed by atoms with Crippen molar-refractivity contribution in [1.29, 1.82) is 0 Å². The average Bonchev–Trinajstić information content (AvgIpc) is 3.68. The standard InChI is InChI=1S/C51H38N2/c1-51(2)47-22-12-9-19-42(47)46-34-41(33-45(50(46)51)37-17-7-4-8-18-37)52(38-27-25-36(26-28-38)35-15-5-3-6-16-35)39-29-31-40(32-30-39)53-48-23-13-10-20-43(48)44-21-11-14-24-49(44)53/h3-34H,1-2H3. The average molecular weight is 679 g/mol. The van der Waals surface area contributed by atoms with Gasteiger partial charge in [-0.1, -0.05) is 147 Å². The fraction of sp³-hybridized carbons (Fsp3) is 0.0588. The van der Waals surface area contributed by atoms with Crippen LogP contribution in [0.3, 0.4) is 0 Å². The molecule has 10 rings (SSSR count). The van der Waals surface area contributed by atoms with Gasteiger partial charge in [-0.15, -0.1) is 0 Å². The molecule has 0 atom stereocenters. The number of hydrogen-bond donors (Lipinski definition) is 0. The maximum atomic E-state index is 2.42. The predicted molar refractivity (Wildman–Crippen MR) is 224 cm³/mol. The normalized spacial score (nSPS) is 12.9. The van der Waals surface area contributed by atoms with Crippen molar-refractivity contribution in [3.8, 4) is 39.1 Å². The third-order valence-corrected chi connectivity index (χ3v) is 11.2. The van der Waals surface area contributed by atoms with Gasteiger partial charge in [-0.25, -0.2) is 0 Å². The second-order valence-electron chi connectivity index (χ2n) is 14.6. The van der Waals surface area contributed by atoms with Crippen LogP contribution in [0.5, 0.6) is 0 Å². The van der Waals surface area contributed by atoms with Crippen molar-refractivity contribution in [2.45, 2.75) is 19.3 Å². The molecule has 2 heteroatoms. The van der Waals surface area contributed by atoms with Gasteiger partial charge >= 0.3 is 0 Å². The number of rotatable bonds is 6. The lowest BCUT2D eigenvalue weighted by Crippen LogP contribution is -2.17. The molecule has 252 valence electrons. The molecule has 0 N–H and O–H groups in total. The van der Waals surface area contributed by atoms with E-state index in [0.717, 1.165) is 22.7 Å². The summed E-state index contributed by atoms with van der Waals surface area (Å²) in [6, 6.07) is 70.8. The molecule has 0 fully saturated rings. The number of aromatic nitrogens is 1. The SMILES string of the molecule is CC1(C)c2ccccc2-c2cc(N(c3ccc(-c4ccccc4)cc3)c3ccc(-n4c5ccccc5c5ccccc54)cc3)cc(-c3ccccc3)c21. The molecule has 0 unspecified atom stereocenters. The minimum Gasteiger partial charge on any atom is -0.310 e. The first-order valence-corrected chi connectivity index (χ1v) is 18.4. The Morgan fingerprint density at radius 3 is 1.53 bits per heavy atom. The molecule has 2 nitrogen and oxygen atoms in total. The van der Waals surface area contributed by atoms with Gasteiger partial charge in [-0.05, 0) is 105 Å². The second kappa shape index (κ2) is 12.3. The number of fused-ring (bicyclic) bond motifs is 6. The Morgan fingerprint density at radius 1 is 0.396 bits per heavy atom. The molecular formula is C51H38N2. The molecule has 0 saturated heterocycles. The Labute approximate surface area is 310 Å². The van der Waals surface area contributed by atoms with Crippen molar-refractivity contribution < 1.29 is 0 Å². The molecule has 1 aliphatic carbocycles. The number of para-hydroxylation sites is 2. The van der Waals surface area contributed by atoms with Crippen LogP contribution in [0.1, 0.15) is 25.0 Å². The molecule has 53 heavy (non-hydrogen) atoms. The number of nitrogens with zero attached hydrogens (tertiary/aromatic N) is 2. The fourth-order valence-corrected chi connectivity index (χ4v) is 8.72. The van der Waals surface area contributed by atoms with Gasteiger partial charge in [-0.3, -0.25) is 0 Å². The van der Waals surface area contributed by atoms with Crippen molar-refractivity contribution >= 4 is 38.9 Å². The van der Waals surface area contributed by atoms with E-state index in [9.17, 15) is 0 Å². The van der Waals surface area contributed by atoms with Crippen LogP contribution in [0, 0.1) is 0 Å². The summed E-state index contributed by atoms with van der Waals surface area (Å²) in [5.74, 6) is 0. The summed E-state index contributed by atoms with van der Waals surface area (Å²) in [5.41, 5.74) is 17.0. The summed E-state index contributed by atoms with van der Waals surface area (Å²) in [7, 11) is 0. The van der Waals surface area contributed by atoms with E-state index in [-0.39, 0.29) is 5.41 Å². The predicted octanol–water partition coefficient (Wildman–Crippen LogP) is 13.9. The van der Waals surface area contributed by atoms with Gasteiger partial charge < -0.3 is 9.47 Å². The molecule has 0 amide bonds. The summed E-state index contributed by atoms with van der Waals surface area (Å²) < 4.78 is 2.38. The summed E-state index contributed by atoms with van der Waals surface area (Å²) in [5, 5.41) is 2.53. The Bertz CT molecular complexity index is 2720. The number of benzene rings is 8. The minimum atomic E-state index is -0.137. The molecule has 1 aliphatic rings. The quantitative estimate of drug-likeness (QED) is 0.170. The van der Waals surface area contributed by atoms with Crippen molar-refractivity contribution in [2.75, 3.05) is 4.90 Å². The Balaban J connectivity index is 1.18. The third kappa shape index (κ3) is 5.02. The maximum Gasteiger partial charge on any atom is 0.0541 e. The van der Waals surface area contributed by atoms with Crippen molar-refractivity contribution in [2.24, 2.45) is 0 Å². The summed E-state index contributed by atoms with van der Waals surface area (Å²) in [6.45, 7) is 4.74. The largest absolute Gasteiger partial charge is 0.310 e. The molecular weight excluding hydrogens is 641 g/mol. The zero-order chi connectivity index (χ0) is 35.5. The van der Waals surface area contributed by atoms with Gasteiger partial charge in [0.25, 0.3) is 0 Å². The van der Waals surface area contributed by atoms with Crippen LogP contribution in [0.2, 0.25) is 0 Å². The highest BCUT2D eigenvalue weighted by atomic mass is 15.1. The first-order chi connectivity index (χ1) is 26.1. The van der Waals surface area contributed by atoms with Crippen molar-refractivity contribution in [3.63, 3.8) is 0 Å². The molecule has 0 spiro atoms. The summed E-state index contributed by atoms with van der Waals surface area (Å²) >= 11 is 0. The van der Waals surface area contributed by atoms with Crippen LogP contribution in [0.4, 0.5) is 17.1 Å². The van der Waals surface area contributed by atoms with Gasteiger partial charge in [0.15, 0.2) is 0 Å². The zero-order valence-electron chi connectivity index (χ0n) is 29.9. The first-order valence-electron chi connectivity index (χ1n) is 18.4. The van der Waals surface area contributed by atoms with Crippen LogP contribution in [-0.2, 0) is 5.41 Å². The monoisotopic (exact) mass is 678 g/mol. The van der Waals surface area contributed by atoms with Crippen molar-refractivity contribution in [3.05, 3.63) is 205 Å². The van der Waals surface area contributed by atoms with E-state index in [1.165, 1.54) is 66.3 Å². The highest BCUT2D eigenvalue weighted by Crippen LogP contribution is 2.54. The lowest BCUT2D eigenvalue weighted by molar-refractivity contribution is 0.662. The molecule has 0 aliphatic heterocycles. The Hall–Kier alpha value is -6.64. The van der Waals surface area contributed by atoms with Crippen LogP contribution in [-0.4, -0.2) is 4.57 Å². The topological polar surface area (TPSA) is 8.17 Å². The van der Waals surface area contributed by atoms with E-state index >= 15 is 0 Å². The fourth-order valence-electron chi connectivity index (χ4n) is 8.72. The smallest absolute Gasteiger partial charge is 0.0541 e. The maximum absolute atomic E-state index is 2.42. The first kappa shape index (κ1) is 31.1. The van der Waals surface area contributed by atoms with Crippen LogP contribution in [0.25, 0.3) is 60.9 Å². The molecule has 1 heterocycles. The lowest BCUT2D eigenvalue weighted by Gasteiger charge is -2.29. The van der Waals surface area contributed by atoms with Gasteiger partial charge in [0.05, 0.1) is 11.0 Å². The van der Waals surface area contributed by atoms with E-state index in [2.05, 4.69) is 217 Å². The van der Waals surface area contributed by atoms with Crippen LogP contribution in [0.15, 0.2) is 194 Å². The van der Waals surface area contributed by atoms with Gasteiger partial charge in [0, 0.05) is 38.9 Å². The second-order valence-corrected chi connectivity index (χ2v) is 14.6. The third-order valence-electron chi connectivity index (χ3n) is 11.2. The van der Waals surface area contributed by atoms with Gasteiger partial charge in [-0.2, -0.15) is 0 Å². The Morgan fingerprint density at radius 2 is 0.887 bits per heavy atom. The highest BCUT2D eigenvalue weighted by Gasteiger charge is 2.38. The van der Waals surface area contributed by atoms with Crippen molar-refractivity contribution in [1.82, 2.24) is 4.57 Å². The molecule has 0 bridgehead atoms. The molecule has 0 radical (unpaired) electrons. The molecule has 1 aromatic heterocycles. The van der Waals surface area contributed by atoms with E-state index in [4.69, 9.17) is 0 Å². The molecule has 8 aromatic carbocycles. The summed E-state index contributed by atoms with van der Waals surface area (Å²) in [6.07, 6.45) is 0. The van der Waals surface area contributed by atoms with Crippen LogP contribution >= 0.6 is 0 Å². The number of hydrogen-bond acceptors (Lipinski definition) is 1. The molecule has 0 saturated carbocycles.